The summed E-state index contributed by atoms with van der Waals surface area (Å²) >= 11 is 7.50. The summed E-state index contributed by atoms with van der Waals surface area (Å²) in [7, 11) is 0. The van der Waals surface area contributed by atoms with Crippen molar-refractivity contribution < 1.29 is 4.74 Å². The average molecular weight is 473 g/mol. The van der Waals surface area contributed by atoms with Gasteiger partial charge >= 0.3 is 0 Å². The molecule has 0 bridgehead atoms. The highest BCUT2D eigenvalue weighted by Gasteiger charge is 2.14. The fourth-order valence-electron chi connectivity index (χ4n) is 3.20. The van der Waals surface area contributed by atoms with Crippen molar-refractivity contribution in [2.45, 2.75) is 47.0 Å². The Bertz CT molecular complexity index is 1090. The zero-order valence-electron chi connectivity index (χ0n) is 18.0. The number of thiophene rings is 4. The number of aryl methyl sites for hydroxylation is 2. The second kappa shape index (κ2) is 9.82. The lowest BCUT2D eigenvalue weighted by Gasteiger charge is -2.08. The van der Waals surface area contributed by atoms with Crippen molar-refractivity contribution in [1.82, 2.24) is 0 Å². The topological polar surface area (TPSA) is 9.23 Å². The van der Waals surface area contributed by atoms with Gasteiger partial charge in [0.2, 0.25) is 0 Å². The number of rotatable bonds is 9. The first-order valence-corrected chi connectivity index (χ1v) is 13.9. The molecule has 0 aliphatic carbocycles. The van der Waals surface area contributed by atoms with Crippen LogP contribution < -0.4 is 4.74 Å². The van der Waals surface area contributed by atoms with Crippen molar-refractivity contribution in [2.75, 3.05) is 6.61 Å². The second-order valence-corrected chi connectivity index (χ2v) is 12.1. The zero-order valence-corrected chi connectivity index (χ0v) is 21.3. The van der Waals surface area contributed by atoms with Crippen molar-refractivity contribution in [1.29, 1.82) is 0 Å². The zero-order chi connectivity index (χ0) is 21.1. The summed E-state index contributed by atoms with van der Waals surface area (Å²) in [6.07, 6.45) is 3.54. The lowest BCUT2D eigenvalue weighted by Crippen LogP contribution is -2.06. The fraction of sp³-hybridized carbons (Fsp3) is 0.360. The predicted octanol–water partition coefficient (Wildman–Crippen LogP) is 9.62. The van der Waals surface area contributed by atoms with Gasteiger partial charge in [0.1, 0.15) is 0 Å². The maximum atomic E-state index is 6.03. The molecule has 158 valence electrons. The molecule has 4 aromatic rings. The van der Waals surface area contributed by atoms with Crippen molar-refractivity contribution in [3.05, 3.63) is 52.9 Å². The van der Waals surface area contributed by atoms with Crippen LogP contribution in [0.1, 0.15) is 44.1 Å². The number of ether oxygens (including phenoxy) is 1. The van der Waals surface area contributed by atoms with Crippen LogP contribution in [0.3, 0.4) is 0 Å². The molecule has 4 aromatic heterocycles. The molecular weight excluding hydrogens is 445 g/mol. The third kappa shape index (κ3) is 4.91. The maximum absolute atomic E-state index is 6.03. The Kier molecular flexibility index (Phi) is 7.14. The molecule has 4 heterocycles. The fourth-order valence-corrected chi connectivity index (χ4v) is 7.71. The quantitative estimate of drug-likeness (QED) is 0.235. The molecule has 0 amide bonds. The van der Waals surface area contributed by atoms with Gasteiger partial charge in [-0.1, -0.05) is 44.9 Å². The largest absolute Gasteiger partial charge is 0.484 e. The summed E-state index contributed by atoms with van der Waals surface area (Å²) in [5.74, 6) is 0.596. The summed E-state index contributed by atoms with van der Waals surface area (Å²) < 4.78 is 6.03. The van der Waals surface area contributed by atoms with Crippen molar-refractivity contribution in [3.63, 3.8) is 0 Å². The molecule has 1 atom stereocenters. The second-order valence-electron chi connectivity index (χ2n) is 7.75. The third-order valence-corrected chi connectivity index (χ3v) is 10.2. The van der Waals surface area contributed by atoms with Crippen molar-refractivity contribution in [2.24, 2.45) is 5.92 Å². The van der Waals surface area contributed by atoms with E-state index in [1.807, 2.05) is 34.0 Å². The van der Waals surface area contributed by atoms with Crippen LogP contribution >= 0.6 is 45.3 Å². The Hall–Kier alpha value is -1.40. The van der Waals surface area contributed by atoms with Gasteiger partial charge in [-0.2, -0.15) is 0 Å². The van der Waals surface area contributed by atoms with Gasteiger partial charge in [-0.25, -0.2) is 0 Å². The van der Waals surface area contributed by atoms with Crippen LogP contribution in [-0.2, 0) is 6.42 Å². The summed E-state index contributed by atoms with van der Waals surface area (Å²) in [6.45, 7) is 9.68. The summed E-state index contributed by atoms with van der Waals surface area (Å²) in [4.78, 5) is 9.63. The summed E-state index contributed by atoms with van der Waals surface area (Å²) in [6, 6.07) is 15.8. The highest BCUT2D eigenvalue weighted by Crippen LogP contribution is 2.45. The van der Waals surface area contributed by atoms with Gasteiger partial charge < -0.3 is 4.74 Å². The summed E-state index contributed by atoms with van der Waals surface area (Å²) in [5.41, 5.74) is 1.31. The molecule has 0 aliphatic rings. The van der Waals surface area contributed by atoms with E-state index in [0.717, 1.165) is 18.1 Å². The van der Waals surface area contributed by atoms with Gasteiger partial charge in [-0.05, 0) is 67.3 Å². The average Bonchev–Trinajstić information content (AvgIpc) is 3.51. The number of hydrogen-bond acceptors (Lipinski definition) is 5. The minimum Gasteiger partial charge on any atom is -0.484 e. The van der Waals surface area contributed by atoms with Crippen LogP contribution in [0.5, 0.6) is 5.06 Å². The molecule has 30 heavy (non-hydrogen) atoms. The van der Waals surface area contributed by atoms with E-state index in [1.54, 1.807) is 11.3 Å². The van der Waals surface area contributed by atoms with Crippen LogP contribution in [-0.4, -0.2) is 6.61 Å². The standard InChI is InChI=1S/C25H28OS4/c1-5-7-18-8-9-19(27-18)20-10-11-21(28-20)22-12-13-23(29-22)25-17(4)14-24(30-25)26-15-16(3)6-2/h8-14,16H,5-7,15H2,1-4H3/t16-/m1/s1. The Labute approximate surface area is 196 Å². The van der Waals surface area contributed by atoms with E-state index in [2.05, 4.69) is 70.2 Å². The molecule has 5 heteroatoms. The Morgan fingerprint density at radius 3 is 2.07 bits per heavy atom. The van der Waals surface area contributed by atoms with Gasteiger partial charge in [0.05, 0.1) is 11.5 Å². The molecule has 0 saturated heterocycles. The molecule has 0 aromatic carbocycles. The van der Waals surface area contributed by atoms with E-state index in [4.69, 9.17) is 4.74 Å². The van der Waals surface area contributed by atoms with Gasteiger partial charge in [-0.3, -0.25) is 0 Å². The SMILES string of the molecule is CCCc1ccc(-c2ccc(-c3ccc(-c4sc(OC[C@H](C)CC)cc4C)s3)s2)s1. The van der Waals surface area contributed by atoms with Crippen molar-refractivity contribution in [3.8, 4) is 34.3 Å². The van der Waals surface area contributed by atoms with Crippen LogP contribution in [0, 0.1) is 12.8 Å². The first kappa shape index (κ1) is 21.8. The lowest BCUT2D eigenvalue weighted by molar-refractivity contribution is 0.263. The van der Waals surface area contributed by atoms with E-state index < -0.39 is 0 Å². The van der Waals surface area contributed by atoms with E-state index in [9.17, 15) is 0 Å². The predicted molar refractivity (Wildman–Crippen MR) is 138 cm³/mol. The van der Waals surface area contributed by atoms with Gasteiger partial charge in [0.25, 0.3) is 0 Å². The summed E-state index contributed by atoms with van der Waals surface area (Å²) in [5, 5.41) is 1.04. The Morgan fingerprint density at radius 2 is 1.40 bits per heavy atom. The minimum absolute atomic E-state index is 0.596. The molecule has 0 N–H and O–H groups in total. The highest BCUT2D eigenvalue weighted by molar-refractivity contribution is 7.28. The van der Waals surface area contributed by atoms with E-state index in [1.165, 1.54) is 52.5 Å². The smallest absolute Gasteiger partial charge is 0.174 e. The monoisotopic (exact) mass is 472 g/mol. The van der Waals surface area contributed by atoms with Crippen LogP contribution in [0.4, 0.5) is 0 Å². The molecule has 0 aliphatic heterocycles. The molecule has 1 nitrogen and oxygen atoms in total. The molecule has 0 fully saturated rings. The molecule has 0 unspecified atom stereocenters. The minimum atomic E-state index is 0.596. The van der Waals surface area contributed by atoms with Gasteiger partial charge in [-0.15, -0.1) is 34.0 Å². The first-order valence-electron chi connectivity index (χ1n) is 10.6. The lowest BCUT2D eigenvalue weighted by atomic mass is 10.1. The van der Waals surface area contributed by atoms with Crippen LogP contribution in [0.25, 0.3) is 29.3 Å². The van der Waals surface area contributed by atoms with E-state index in [0.29, 0.717) is 5.92 Å². The van der Waals surface area contributed by atoms with Crippen LogP contribution in [0.2, 0.25) is 0 Å². The number of hydrogen-bond donors (Lipinski definition) is 0. The molecular formula is C25H28OS4. The van der Waals surface area contributed by atoms with E-state index >= 15 is 0 Å². The maximum Gasteiger partial charge on any atom is 0.174 e. The van der Waals surface area contributed by atoms with Gasteiger partial charge in [0.15, 0.2) is 5.06 Å². The van der Waals surface area contributed by atoms with E-state index in [-0.39, 0.29) is 0 Å². The highest BCUT2D eigenvalue weighted by atomic mass is 32.1. The van der Waals surface area contributed by atoms with Gasteiger partial charge in [0, 0.05) is 29.3 Å². The molecule has 0 saturated carbocycles. The van der Waals surface area contributed by atoms with Crippen LogP contribution in [0.15, 0.2) is 42.5 Å². The molecule has 4 rings (SSSR count). The third-order valence-electron chi connectivity index (χ3n) is 5.18. The Balaban J connectivity index is 1.51. The van der Waals surface area contributed by atoms with Crippen molar-refractivity contribution >= 4 is 45.3 Å². The normalized spacial score (nSPS) is 12.4. The Morgan fingerprint density at radius 1 is 0.800 bits per heavy atom. The molecule has 0 spiro atoms. The molecule has 0 radical (unpaired) electrons. The first-order chi connectivity index (χ1) is 14.6.